The molecule has 0 aromatic heterocycles. The number of carbonyl (C=O) groups excluding carboxylic acids is 4. The summed E-state index contributed by atoms with van der Waals surface area (Å²) in [7, 11) is -9.92. The van der Waals surface area contributed by atoms with Crippen LogP contribution in [-0.4, -0.2) is 96.7 Å². The molecule has 0 amide bonds. The lowest BCUT2D eigenvalue weighted by atomic mass is 10.0. The molecule has 0 aromatic rings. The first kappa shape index (κ1) is 96.1. The van der Waals surface area contributed by atoms with Crippen LogP contribution in [0.2, 0.25) is 0 Å². The van der Waals surface area contributed by atoms with Crippen molar-refractivity contribution in [3.05, 3.63) is 0 Å². The highest BCUT2D eigenvalue weighted by atomic mass is 31.2. The fourth-order valence-electron chi connectivity index (χ4n) is 12.2. The van der Waals surface area contributed by atoms with Crippen LogP contribution in [0.5, 0.6) is 0 Å². The van der Waals surface area contributed by atoms with Gasteiger partial charge in [-0.1, -0.05) is 369 Å². The molecule has 19 heteroatoms. The van der Waals surface area contributed by atoms with E-state index in [1.54, 1.807) is 0 Å². The molecular weight excluding hydrogens is 1280 g/mol. The number of phosphoric ester groups is 2. The van der Waals surface area contributed by atoms with Gasteiger partial charge < -0.3 is 33.8 Å². The van der Waals surface area contributed by atoms with Crippen molar-refractivity contribution in [3.8, 4) is 0 Å². The summed E-state index contributed by atoms with van der Waals surface area (Å²) in [6.07, 6.45) is 62.2. The Hall–Kier alpha value is -1.94. The Morgan fingerprint density at radius 2 is 0.469 bits per heavy atom. The predicted octanol–water partition coefficient (Wildman–Crippen LogP) is 23.6. The van der Waals surface area contributed by atoms with Gasteiger partial charge in [0.15, 0.2) is 12.2 Å². The maximum atomic E-state index is 13.1. The first-order valence-corrected chi connectivity index (χ1v) is 44.1. The molecule has 98 heavy (non-hydrogen) atoms. The molecule has 0 aliphatic carbocycles. The van der Waals surface area contributed by atoms with Gasteiger partial charge in [-0.25, -0.2) is 9.13 Å². The summed E-state index contributed by atoms with van der Waals surface area (Å²) in [6, 6.07) is 0. The molecule has 0 bridgehead atoms. The summed E-state index contributed by atoms with van der Waals surface area (Å²) in [5.41, 5.74) is 0. The van der Waals surface area contributed by atoms with Crippen LogP contribution in [0.15, 0.2) is 0 Å². The van der Waals surface area contributed by atoms with Gasteiger partial charge in [0.05, 0.1) is 26.4 Å². The molecule has 0 saturated heterocycles. The minimum Gasteiger partial charge on any atom is -0.462 e. The molecule has 0 saturated carbocycles. The van der Waals surface area contributed by atoms with Crippen molar-refractivity contribution in [2.75, 3.05) is 39.6 Å². The summed E-state index contributed by atoms with van der Waals surface area (Å²) in [4.78, 5) is 73.0. The van der Waals surface area contributed by atoms with Crippen LogP contribution in [0, 0.1) is 5.92 Å². The van der Waals surface area contributed by atoms with Gasteiger partial charge in [-0.05, 0) is 31.6 Å². The van der Waals surface area contributed by atoms with E-state index >= 15 is 0 Å². The molecule has 0 rings (SSSR count). The van der Waals surface area contributed by atoms with Crippen molar-refractivity contribution in [2.24, 2.45) is 5.92 Å². The number of rotatable bonds is 79. The van der Waals surface area contributed by atoms with Crippen molar-refractivity contribution in [2.45, 2.75) is 438 Å². The van der Waals surface area contributed by atoms with E-state index in [1.807, 2.05) is 0 Å². The number of ether oxygens (including phenoxy) is 4. The summed E-state index contributed by atoms with van der Waals surface area (Å²) in [5.74, 6) is -1.32. The first-order valence-electron chi connectivity index (χ1n) is 41.1. The maximum Gasteiger partial charge on any atom is 0.472 e. The summed E-state index contributed by atoms with van der Waals surface area (Å²) >= 11 is 0. The van der Waals surface area contributed by atoms with Crippen LogP contribution >= 0.6 is 15.6 Å². The van der Waals surface area contributed by atoms with E-state index < -0.39 is 97.5 Å². The number of hydrogen-bond acceptors (Lipinski definition) is 15. The average molecular weight is 1440 g/mol. The van der Waals surface area contributed by atoms with Crippen LogP contribution in [-0.2, 0) is 65.4 Å². The third kappa shape index (κ3) is 72.4. The average Bonchev–Trinajstić information content (AvgIpc) is 1.11. The number of hydrogen-bond donors (Lipinski definition) is 3. The Balaban J connectivity index is 5.26. The Morgan fingerprint density at radius 3 is 0.694 bits per heavy atom. The van der Waals surface area contributed by atoms with Gasteiger partial charge in [-0.15, -0.1) is 0 Å². The third-order valence-electron chi connectivity index (χ3n) is 18.5. The van der Waals surface area contributed by atoms with Crippen LogP contribution in [0.4, 0.5) is 0 Å². The zero-order chi connectivity index (χ0) is 71.9. The van der Waals surface area contributed by atoms with E-state index in [4.69, 9.17) is 37.0 Å². The van der Waals surface area contributed by atoms with Gasteiger partial charge in [0.2, 0.25) is 0 Å². The highest BCUT2D eigenvalue weighted by molar-refractivity contribution is 7.47. The third-order valence-corrected chi connectivity index (χ3v) is 20.4. The first-order chi connectivity index (χ1) is 47.5. The smallest absolute Gasteiger partial charge is 0.462 e. The van der Waals surface area contributed by atoms with E-state index in [0.717, 1.165) is 95.8 Å². The Kier molecular flexibility index (Phi) is 70.6. The highest BCUT2D eigenvalue weighted by Crippen LogP contribution is 2.45. The lowest BCUT2D eigenvalue weighted by Gasteiger charge is -2.21. The van der Waals surface area contributed by atoms with Crippen molar-refractivity contribution in [1.82, 2.24) is 0 Å². The second kappa shape index (κ2) is 72.0. The summed E-state index contributed by atoms with van der Waals surface area (Å²) in [6.45, 7) is 7.34. The molecule has 0 aromatic carbocycles. The van der Waals surface area contributed by atoms with Crippen LogP contribution in [0.3, 0.4) is 0 Å². The minimum absolute atomic E-state index is 0.108. The second-order valence-corrected chi connectivity index (χ2v) is 31.8. The van der Waals surface area contributed by atoms with E-state index in [1.165, 1.54) is 244 Å². The predicted molar refractivity (Wildman–Crippen MR) is 400 cm³/mol. The zero-order valence-electron chi connectivity index (χ0n) is 63.9. The van der Waals surface area contributed by atoms with Crippen molar-refractivity contribution >= 4 is 39.5 Å². The second-order valence-electron chi connectivity index (χ2n) is 28.9. The molecule has 0 spiro atoms. The largest absolute Gasteiger partial charge is 0.472 e. The van der Waals surface area contributed by atoms with E-state index in [-0.39, 0.29) is 25.7 Å². The quantitative estimate of drug-likeness (QED) is 0.0222. The number of carbonyl (C=O) groups is 4. The van der Waals surface area contributed by atoms with Gasteiger partial charge in [-0.3, -0.25) is 37.3 Å². The van der Waals surface area contributed by atoms with Crippen LogP contribution in [0.25, 0.3) is 0 Å². The standard InChI is InChI=1S/C79H154O17P2/c1-6-9-12-15-18-21-24-27-29-30-34-38-43-48-53-58-63-77(82)90-69-75(96-79(84)65-60-55-50-45-40-35-31-32-36-41-46-51-56-61-72(4)5)71-94-98(87,88)92-67-73(80)66-91-97(85,86)93-70-74(68-89-76(81)62-57-52-47-42-37-26-23-20-17-14-11-8-3)95-78(83)64-59-54-49-44-39-33-28-25-22-19-16-13-10-7-2/h72-75,80H,6-71H2,1-5H3,(H,85,86)(H,87,88)/t73-,74+,75+/m0/s1. The van der Waals surface area contributed by atoms with E-state index in [0.29, 0.717) is 25.7 Å². The Labute approximate surface area is 600 Å². The molecule has 582 valence electrons. The van der Waals surface area contributed by atoms with Crippen molar-refractivity contribution < 1.29 is 80.2 Å². The molecule has 0 aliphatic rings. The van der Waals surface area contributed by atoms with Crippen LogP contribution < -0.4 is 0 Å². The molecule has 3 N–H and O–H groups in total. The number of phosphoric acid groups is 2. The highest BCUT2D eigenvalue weighted by Gasteiger charge is 2.30. The molecule has 0 fully saturated rings. The summed E-state index contributed by atoms with van der Waals surface area (Å²) < 4.78 is 68.7. The molecule has 0 radical (unpaired) electrons. The molecule has 17 nitrogen and oxygen atoms in total. The monoisotopic (exact) mass is 1440 g/mol. The summed E-state index contributed by atoms with van der Waals surface area (Å²) in [5, 5.41) is 10.6. The number of aliphatic hydroxyl groups excluding tert-OH is 1. The van der Waals surface area contributed by atoms with Crippen molar-refractivity contribution in [1.29, 1.82) is 0 Å². The van der Waals surface area contributed by atoms with Gasteiger partial charge in [0, 0.05) is 25.7 Å². The van der Waals surface area contributed by atoms with Gasteiger partial charge in [-0.2, -0.15) is 0 Å². The number of esters is 4. The number of aliphatic hydroxyl groups is 1. The Morgan fingerprint density at radius 1 is 0.276 bits per heavy atom. The maximum absolute atomic E-state index is 13.1. The Bertz CT molecular complexity index is 1870. The zero-order valence-corrected chi connectivity index (χ0v) is 65.7. The lowest BCUT2D eigenvalue weighted by molar-refractivity contribution is -0.161. The molecule has 0 aliphatic heterocycles. The molecule has 2 unspecified atom stereocenters. The van der Waals surface area contributed by atoms with Gasteiger partial charge in [0.25, 0.3) is 0 Å². The van der Waals surface area contributed by atoms with Crippen molar-refractivity contribution in [3.63, 3.8) is 0 Å². The normalized spacial score (nSPS) is 13.9. The van der Waals surface area contributed by atoms with Gasteiger partial charge >= 0.3 is 39.5 Å². The fourth-order valence-corrected chi connectivity index (χ4v) is 13.8. The fraction of sp³-hybridized carbons (Fsp3) is 0.949. The van der Waals surface area contributed by atoms with Crippen LogP contribution in [0.1, 0.15) is 420 Å². The SMILES string of the molecule is CCCCCCCCCCCCCCCCCCC(=O)OC[C@H](COP(=O)(O)OC[C@@H](O)COP(=O)(O)OC[C@@H](COC(=O)CCCCCCCCCCCCCC)OC(=O)CCCCCCCCCCCCCCCC)OC(=O)CCCCCCCCCCCCCCCC(C)C. The molecule has 5 atom stereocenters. The minimum atomic E-state index is -4.96. The number of unbranched alkanes of at least 4 members (excludes halogenated alkanes) is 51. The van der Waals surface area contributed by atoms with E-state index in [9.17, 15) is 43.2 Å². The molecule has 0 heterocycles. The topological polar surface area (TPSA) is 237 Å². The lowest BCUT2D eigenvalue weighted by Crippen LogP contribution is -2.30. The van der Waals surface area contributed by atoms with E-state index in [2.05, 4.69) is 34.6 Å². The molecular formula is C79H154O17P2. The van der Waals surface area contributed by atoms with Gasteiger partial charge in [0.1, 0.15) is 19.3 Å².